The highest BCUT2D eigenvalue weighted by atomic mass is 127. The van der Waals surface area contributed by atoms with Crippen LogP contribution in [0.3, 0.4) is 0 Å². The molecule has 0 saturated carbocycles. The van der Waals surface area contributed by atoms with Gasteiger partial charge in [-0.15, -0.1) is 10.2 Å². The van der Waals surface area contributed by atoms with E-state index in [2.05, 4.69) is 15.2 Å². The van der Waals surface area contributed by atoms with Crippen LogP contribution in [-0.2, 0) is 0 Å². The molecule has 0 amide bonds. The first-order valence-corrected chi connectivity index (χ1v) is 4.46. The van der Waals surface area contributed by atoms with Gasteiger partial charge in [-0.25, -0.2) is 4.98 Å². The van der Waals surface area contributed by atoms with E-state index >= 15 is 0 Å². The Bertz CT molecular complexity index is 439. The molecule has 2 heterocycles. The van der Waals surface area contributed by atoms with Crippen molar-refractivity contribution in [2.75, 3.05) is 5.73 Å². The number of rotatable bonds is 0. The molecule has 2 N–H and O–H groups in total. The first kappa shape index (κ1) is 7.99. The fourth-order valence-corrected chi connectivity index (χ4v) is 1.51. The molecule has 0 radical (unpaired) electrons. The molecule has 62 valence electrons. The molecule has 2 rings (SSSR count). The Morgan fingerprint density at radius 1 is 1.58 bits per heavy atom. The molecule has 2 aromatic heterocycles. The molecule has 0 saturated heterocycles. The summed E-state index contributed by atoms with van der Waals surface area (Å²) in [7, 11) is 0. The molecule has 5 nitrogen and oxygen atoms in total. The van der Waals surface area contributed by atoms with Gasteiger partial charge >= 0.3 is 0 Å². The first-order chi connectivity index (χ1) is 5.70. The van der Waals surface area contributed by atoms with E-state index < -0.39 is 0 Å². The van der Waals surface area contributed by atoms with Crippen LogP contribution in [0.4, 0.5) is 5.95 Å². The molecule has 12 heavy (non-hydrogen) atoms. The lowest BCUT2D eigenvalue weighted by atomic mass is 10.6. The number of aromatic nitrogens is 4. The van der Waals surface area contributed by atoms with Crippen LogP contribution in [0.2, 0.25) is 5.15 Å². The maximum atomic E-state index is 5.77. The molecular formula is C5H3ClIN5. The Labute approximate surface area is 86.1 Å². The topological polar surface area (TPSA) is 69.1 Å². The van der Waals surface area contributed by atoms with E-state index in [1.807, 2.05) is 22.6 Å². The van der Waals surface area contributed by atoms with E-state index in [4.69, 9.17) is 17.3 Å². The predicted molar refractivity (Wildman–Crippen MR) is 52.9 cm³/mol. The first-order valence-electron chi connectivity index (χ1n) is 3.00. The maximum Gasteiger partial charge on any atom is 0.208 e. The van der Waals surface area contributed by atoms with Crippen molar-refractivity contribution in [2.24, 2.45) is 0 Å². The average molecular weight is 295 g/mol. The van der Waals surface area contributed by atoms with Gasteiger partial charge in [0.05, 0.1) is 3.57 Å². The lowest BCUT2D eigenvalue weighted by molar-refractivity contribution is 1.08. The molecule has 0 aliphatic heterocycles. The molecule has 0 unspecified atom stereocenters. The number of nitrogen functional groups attached to an aromatic ring is 1. The Morgan fingerprint density at radius 3 is 3.08 bits per heavy atom. The minimum Gasteiger partial charge on any atom is -0.369 e. The monoisotopic (exact) mass is 295 g/mol. The van der Waals surface area contributed by atoms with Gasteiger partial charge < -0.3 is 5.73 Å². The van der Waals surface area contributed by atoms with Crippen LogP contribution in [0.25, 0.3) is 5.65 Å². The Balaban J connectivity index is 2.97. The SMILES string of the molecule is Nc1nc(Cl)c(I)c2nncn12. The average Bonchev–Trinajstić information content (AvgIpc) is 2.48. The lowest BCUT2D eigenvalue weighted by Gasteiger charge is -2.00. The van der Waals surface area contributed by atoms with Gasteiger partial charge in [-0.3, -0.25) is 4.40 Å². The summed E-state index contributed by atoms with van der Waals surface area (Å²) >= 11 is 7.81. The van der Waals surface area contributed by atoms with Crippen LogP contribution in [0.5, 0.6) is 0 Å². The van der Waals surface area contributed by atoms with Crippen molar-refractivity contribution < 1.29 is 0 Å². The second-order valence-corrected chi connectivity index (χ2v) is 3.54. The van der Waals surface area contributed by atoms with Crippen LogP contribution < -0.4 is 5.73 Å². The van der Waals surface area contributed by atoms with Gasteiger partial charge in [0.25, 0.3) is 0 Å². The van der Waals surface area contributed by atoms with Crippen molar-refractivity contribution in [3.05, 3.63) is 15.1 Å². The lowest BCUT2D eigenvalue weighted by Crippen LogP contribution is -2.01. The Kier molecular flexibility index (Phi) is 1.80. The van der Waals surface area contributed by atoms with E-state index in [-0.39, 0.29) is 0 Å². The van der Waals surface area contributed by atoms with Gasteiger partial charge in [-0.1, -0.05) is 11.6 Å². The van der Waals surface area contributed by atoms with Gasteiger partial charge in [0.1, 0.15) is 11.5 Å². The van der Waals surface area contributed by atoms with Crippen LogP contribution in [0.15, 0.2) is 6.33 Å². The summed E-state index contributed by atoms with van der Waals surface area (Å²) in [5, 5.41) is 7.89. The third-order valence-corrected chi connectivity index (χ3v) is 2.97. The normalized spacial score (nSPS) is 10.8. The smallest absolute Gasteiger partial charge is 0.208 e. The molecule has 0 bridgehead atoms. The molecule has 0 spiro atoms. The predicted octanol–water partition coefficient (Wildman–Crippen LogP) is 0.964. The second kappa shape index (κ2) is 2.70. The van der Waals surface area contributed by atoms with E-state index in [1.165, 1.54) is 6.33 Å². The zero-order valence-electron chi connectivity index (χ0n) is 5.70. The number of hydrogen-bond acceptors (Lipinski definition) is 4. The fraction of sp³-hybridized carbons (Fsp3) is 0. The van der Waals surface area contributed by atoms with Crippen LogP contribution in [0.1, 0.15) is 0 Å². The minimum atomic E-state index is 0.292. The summed E-state index contributed by atoms with van der Waals surface area (Å²) in [4.78, 5) is 3.89. The molecule has 0 fully saturated rings. The zero-order chi connectivity index (χ0) is 8.72. The standard InChI is InChI=1S/C5H3ClIN5/c6-3-2(7)4-11-9-1-12(4)5(8)10-3/h1H,(H2,8,10). The third-order valence-electron chi connectivity index (χ3n) is 1.38. The summed E-state index contributed by atoms with van der Waals surface area (Å²) in [6, 6.07) is 0. The van der Waals surface area contributed by atoms with Crippen molar-refractivity contribution in [3.8, 4) is 0 Å². The molecule has 7 heteroatoms. The quantitative estimate of drug-likeness (QED) is 0.581. The maximum absolute atomic E-state index is 5.77. The Hall–Kier alpha value is -0.630. The van der Waals surface area contributed by atoms with Crippen molar-refractivity contribution >= 4 is 45.8 Å². The summed E-state index contributed by atoms with van der Waals surface area (Å²) < 4.78 is 2.33. The summed E-state index contributed by atoms with van der Waals surface area (Å²) in [6.07, 6.45) is 1.50. The summed E-state index contributed by atoms with van der Waals surface area (Å²) in [5.41, 5.74) is 6.19. The van der Waals surface area contributed by atoms with Gasteiger partial charge in [0.2, 0.25) is 5.95 Å². The fourth-order valence-electron chi connectivity index (χ4n) is 0.848. The second-order valence-electron chi connectivity index (χ2n) is 2.10. The Morgan fingerprint density at radius 2 is 2.33 bits per heavy atom. The highest BCUT2D eigenvalue weighted by Crippen LogP contribution is 2.21. The van der Waals surface area contributed by atoms with E-state index in [9.17, 15) is 0 Å². The van der Waals surface area contributed by atoms with E-state index in [1.54, 1.807) is 4.40 Å². The van der Waals surface area contributed by atoms with Crippen LogP contribution in [0, 0.1) is 3.57 Å². The minimum absolute atomic E-state index is 0.292. The number of nitrogens with zero attached hydrogens (tertiary/aromatic N) is 4. The number of hydrogen-bond donors (Lipinski definition) is 1. The molecule has 2 aromatic rings. The molecular weight excluding hydrogens is 292 g/mol. The van der Waals surface area contributed by atoms with Crippen LogP contribution >= 0.6 is 34.2 Å². The van der Waals surface area contributed by atoms with Gasteiger partial charge in [0, 0.05) is 0 Å². The van der Waals surface area contributed by atoms with Gasteiger partial charge in [0.15, 0.2) is 5.65 Å². The highest BCUT2D eigenvalue weighted by molar-refractivity contribution is 14.1. The van der Waals surface area contributed by atoms with Gasteiger partial charge in [-0.05, 0) is 22.6 Å². The van der Waals surface area contributed by atoms with E-state index in [0.29, 0.717) is 16.7 Å². The molecule has 0 aliphatic carbocycles. The number of fused-ring (bicyclic) bond motifs is 1. The van der Waals surface area contributed by atoms with Crippen molar-refractivity contribution in [2.45, 2.75) is 0 Å². The third kappa shape index (κ3) is 1.02. The van der Waals surface area contributed by atoms with Crippen molar-refractivity contribution in [1.82, 2.24) is 19.6 Å². The summed E-state index contributed by atoms with van der Waals surface area (Å²) in [5.74, 6) is 0.292. The number of halogens is 2. The number of nitrogens with two attached hydrogens (primary N) is 1. The largest absolute Gasteiger partial charge is 0.369 e. The zero-order valence-corrected chi connectivity index (χ0v) is 8.61. The van der Waals surface area contributed by atoms with Gasteiger partial charge in [-0.2, -0.15) is 0 Å². The van der Waals surface area contributed by atoms with Crippen molar-refractivity contribution in [1.29, 1.82) is 0 Å². The summed E-state index contributed by atoms with van der Waals surface area (Å²) in [6.45, 7) is 0. The molecule has 0 aromatic carbocycles. The van der Waals surface area contributed by atoms with E-state index in [0.717, 1.165) is 3.57 Å². The molecule has 0 atom stereocenters. The number of anilines is 1. The highest BCUT2D eigenvalue weighted by Gasteiger charge is 2.09. The van der Waals surface area contributed by atoms with Crippen LogP contribution in [-0.4, -0.2) is 19.6 Å². The molecule has 0 aliphatic rings. The van der Waals surface area contributed by atoms with Crippen molar-refractivity contribution in [3.63, 3.8) is 0 Å².